The van der Waals surface area contributed by atoms with Gasteiger partial charge >= 0.3 is 0 Å². The highest BCUT2D eigenvalue weighted by atomic mass is 16.5. The number of carbonyl (C=O) groups excluding carboxylic acids is 2. The number of carbonyl (C=O) groups is 2. The molecule has 0 bridgehead atoms. The molecule has 0 radical (unpaired) electrons. The summed E-state index contributed by atoms with van der Waals surface area (Å²) in [7, 11) is 1.63. The highest BCUT2D eigenvalue weighted by molar-refractivity contribution is 5.97. The molecule has 1 fully saturated rings. The van der Waals surface area contributed by atoms with Crippen molar-refractivity contribution in [2.24, 2.45) is 0 Å². The lowest BCUT2D eigenvalue weighted by Crippen LogP contribution is -2.65. The van der Waals surface area contributed by atoms with Crippen LogP contribution in [0.4, 0.5) is 0 Å². The first-order valence-electron chi connectivity index (χ1n) is 6.71. The van der Waals surface area contributed by atoms with Gasteiger partial charge < -0.3 is 19.7 Å². The van der Waals surface area contributed by atoms with Crippen LogP contribution in [-0.4, -0.2) is 62.3 Å². The van der Waals surface area contributed by atoms with Gasteiger partial charge in [0.2, 0.25) is 11.8 Å². The van der Waals surface area contributed by atoms with Gasteiger partial charge in [-0.3, -0.25) is 9.59 Å². The van der Waals surface area contributed by atoms with Crippen molar-refractivity contribution in [1.29, 1.82) is 0 Å². The van der Waals surface area contributed by atoms with Gasteiger partial charge in [0.15, 0.2) is 0 Å². The molecule has 0 aromatic carbocycles. The van der Waals surface area contributed by atoms with Crippen LogP contribution in [0, 0.1) is 0 Å². The second-order valence-corrected chi connectivity index (χ2v) is 4.81. The van der Waals surface area contributed by atoms with E-state index >= 15 is 0 Å². The average Bonchev–Trinajstić information content (AvgIpc) is 2.41. The van der Waals surface area contributed by atoms with E-state index in [1.54, 1.807) is 12.0 Å². The molecule has 1 saturated heterocycles. The zero-order chi connectivity index (χ0) is 14.3. The van der Waals surface area contributed by atoms with Crippen LogP contribution in [0.2, 0.25) is 0 Å². The maximum atomic E-state index is 11.9. The van der Waals surface area contributed by atoms with Crippen LogP contribution >= 0.6 is 0 Å². The maximum absolute atomic E-state index is 11.9. The summed E-state index contributed by atoms with van der Waals surface area (Å²) in [6.45, 7) is 6.05. The predicted molar refractivity (Wildman–Crippen MR) is 70.7 cm³/mol. The van der Waals surface area contributed by atoms with Crippen LogP contribution < -0.4 is 5.32 Å². The van der Waals surface area contributed by atoms with Gasteiger partial charge in [0.05, 0.1) is 19.8 Å². The summed E-state index contributed by atoms with van der Waals surface area (Å²) in [4.78, 5) is 25.5. The van der Waals surface area contributed by atoms with E-state index in [1.807, 2.05) is 13.8 Å². The molecule has 1 unspecified atom stereocenters. The van der Waals surface area contributed by atoms with E-state index in [-0.39, 0.29) is 18.4 Å². The largest absolute Gasteiger partial charge is 0.382 e. The van der Waals surface area contributed by atoms with Crippen molar-refractivity contribution >= 4 is 11.8 Å². The Hall–Kier alpha value is -1.14. The Morgan fingerprint density at radius 1 is 1.32 bits per heavy atom. The molecule has 1 aliphatic heterocycles. The van der Waals surface area contributed by atoms with Gasteiger partial charge in [-0.25, -0.2) is 0 Å². The second-order valence-electron chi connectivity index (χ2n) is 4.81. The van der Waals surface area contributed by atoms with Crippen LogP contribution in [0.3, 0.4) is 0 Å². The lowest BCUT2D eigenvalue weighted by molar-refractivity contribution is -0.153. The number of rotatable bonds is 8. The summed E-state index contributed by atoms with van der Waals surface area (Å²) in [5.74, 6) is -0.101. The fourth-order valence-electron chi connectivity index (χ4n) is 2.13. The number of methoxy groups -OCH3 is 1. The highest BCUT2D eigenvalue weighted by Gasteiger charge is 2.43. The number of ether oxygens (including phenoxy) is 2. The van der Waals surface area contributed by atoms with Crippen molar-refractivity contribution in [3.05, 3.63) is 0 Å². The maximum Gasteiger partial charge on any atom is 0.246 e. The lowest BCUT2D eigenvalue weighted by atomic mass is 9.92. The molecule has 1 heterocycles. The Bertz CT molecular complexity index is 322. The molecular formula is C13H24N2O4. The summed E-state index contributed by atoms with van der Waals surface area (Å²) < 4.78 is 10.2. The number of hydrogen-bond acceptors (Lipinski definition) is 4. The first-order chi connectivity index (χ1) is 9.06. The Labute approximate surface area is 114 Å². The monoisotopic (exact) mass is 272 g/mol. The van der Waals surface area contributed by atoms with Gasteiger partial charge in [0.1, 0.15) is 5.54 Å². The third-order valence-corrected chi connectivity index (χ3v) is 3.58. The van der Waals surface area contributed by atoms with Crippen molar-refractivity contribution in [3.8, 4) is 0 Å². The Morgan fingerprint density at radius 3 is 2.68 bits per heavy atom. The van der Waals surface area contributed by atoms with Crippen LogP contribution in [-0.2, 0) is 19.1 Å². The average molecular weight is 272 g/mol. The fourth-order valence-corrected chi connectivity index (χ4v) is 2.13. The number of hydrogen-bond donors (Lipinski definition) is 1. The second kappa shape index (κ2) is 7.45. The van der Waals surface area contributed by atoms with Gasteiger partial charge in [-0.2, -0.15) is 0 Å². The van der Waals surface area contributed by atoms with Crippen molar-refractivity contribution in [1.82, 2.24) is 10.2 Å². The molecule has 6 nitrogen and oxygen atoms in total. The topological polar surface area (TPSA) is 67.9 Å². The summed E-state index contributed by atoms with van der Waals surface area (Å²) in [6.07, 6.45) is 1.33. The molecule has 1 N–H and O–H groups in total. The molecule has 110 valence electrons. The minimum atomic E-state index is -0.734. The van der Waals surface area contributed by atoms with Crippen molar-refractivity contribution in [2.75, 3.05) is 40.0 Å². The molecule has 19 heavy (non-hydrogen) atoms. The van der Waals surface area contributed by atoms with Crippen molar-refractivity contribution in [2.45, 2.75) is 32.2 Å². The standard InChI is InChI=1S/C13H24N2O4/c1-4-13(2)12(17)14-10-11(16)15(13)6-5-7-19-9-8-18-3/h4-10H2,1-3H3,(H,14,17). The van der Waals surface area contributed by atoms with Crippen LogP contribution in [0.25, 0.3) is 0 Å². The van der Waals surface area contributed by atoms with E-state index in [9.17, 15) is 9.59 Å². The SMILES string of the molecule is CCC1(C)C(=O)NCC(=O)N1CCCOCCOC. The van der Waals surface area contributed by atoms with Gasteiger partial charge in [-0.1, -0.05) is 6.92 Å². The molecule has 0 spiro atoms. The third-order valence-electron chi connectivity index (χ3n) is 3.58. The first-order valence-corrected chi connectivity index (χ1v) is 6.71. The van der Waals surface area contributed by atoms with E-state index in [0.29, 0.717) is 32.8 Å². The third kappa shape index (κ3) is 3.91. The zero-order valence-electron chi connectivity index (χ0n) is 12.0. The Kier molecular flexibility index (Phi) is 6.24. The lowest BCUT2D eigenvalue weighted by Gasteiger charge is -2.43. The molecule has 1 atom stereocenters. The normalized spacial score (nSPS) is 23.6. The number of nitrogens with one attached hydrogen (secondary N) is 1. The van der Waals surface area contributed by atoms with E-state index in [1.165, 1.54) is 0 Å². The smallest absolute Gasteiger partial charge is 0.246 e. The minimum absolute atomic E-state index is 0.0270. The van der Waals surface area contributed by atoms with E-state index in [2.05, 4.69) is 5.32 Å². The van der Waals surface area contributed by atoms with E-state index in [4.69, 9.17) is 9.47 Å². The van der Waals surface area contributed by atoms with Gasteiger partial charge in [0, 0.05) is 20.3 Å². The van der Waals surface area contributed by atoms with Gasteiger partial charge in [0.25, 0.3) is 0 Å². The number of piperazine rings is 1. The minimum Gasteiger partial charge on any atom is -0.382 e. The highest BCUT2D eigenvalue weighted by Crippen LogP contribution is 2.23. The number of nitrogens with zero attached hydrogens (tertiary/aromatic N) is 1. The first kappa shape index (κ1) is 15.9. The van der Waals surface area contributed by atoms with Crippen LogP contribution in [0.15, 0.2) is 0 Å². The van der Waals surface area contributed by atoms with Crippen LogP contribution in [0.5, 0.6) is 0 Å². The van der Waals surface area contributed by atoms with Crippen molar-refractivity contribution < 1.29 is 19.1 Å². The molecular weight excluding hydrogens is 248 g/mol. The molecule has 2 amide bonds. The summed E-state index contributed by atoms with van der Waals surface area (Å²) in [6, 6.07) is 0. The molecule has 0 aromatic rings. The quantitative estimate of drug-likeness (QED) is 0.639. The van der Waals surface area contributed by atoms with E-state index < -0.39 is 5.54 Å². The van der Waals surface area contributed by atoms with Crippen LogP contribution in [0.1, 0.15) is 26.7 Å². The molecule has 1 aliphatic rings. The summed E-state index contributed by atoms with van der Waals surface area (Å²) >= 11 is 0. The molecule has 1 rings (SSSR count). The fraction of sp³-hybridized carbons (Fsp3) is 0.846. The van der Waals surface area contributed by atoms with Gasteiger partial charge in [-0.15, -0.1) is 0 Å². The zero-order valence-corrected chi connectivity index (χ0v) is 12.0. The number of amides is 2. The van der Waals surface area contributed by atoms with E-state index in [0.717, 1.165) is 6.42 Å². The predicted octanol–water partition coefficient (Wildman–Crippen LogP) is 0.167. The summed E-state index contributed by atoms with van der Waals surface area (Å²) in [5.41, 5.74) is -0.734. The Morgan fingerprint density at radius 2 is 2.05 bits per heavy atom. The molecule has 0 aromatic heterocycles. The van der Waals surface area contributed by atoms with Gasteiger partial charge in [-0.05, 0) is 19.8 Å². The molecule has 0 aliphatic carbocycles. The Balaban J connectivity index is 2.44. The molecule has 6 heteroatoms. The molecule has 0 saturated carbocycles. The van der Waals surface area contributed by atoms with Crippen molar-refractivity contribution in [3.63, 3.8) is 0 Å². The summed E-state index contributed by atoms with van der Waals surface area (Å²) in [5, 5.41) is 2.64.